The molecular formula is C18H18N2O3. The largest absolute Gasteiger partial charge is 0.467 e. The van der Waals surface area contributed by atoms with Crippen LogP contribution in [0.2, 0.25) is 0 Å². The van der Waals surface area contributed by atoms with Crippen LogP contribution in [0.5, 0.6) is 0 Å². The molecule has 5 nitrogen and oxygen atoms in total. The van der Waals surface area contributed by atoms with Crippen LogP contribution in [0, 0.1) is 0 Å². The number of nitrogens with zero attached hydrogens (tertiary/aromatic N) is 2. The van der Waals surface area contributed by atoms with E-state index in [0.29, 0.717) is 17.3 Å². The minimum Gasteiger partial charge on any atom is -0.467 e. The zero-order valence-electron chi connectivity index (χ0n) is 12.9. The maximum atomic E-state index is 12.9. The van der Waals surface area contributed by atoms with E-state index in [1.807, 2.05) is 48.2 Å². The summed E-state index contributed by atoms with van der Waals surface area (Å²) in [5.74, 6) is 0.880. The number of carbonyl (C=O) groups is 1. The number of carbonyl (C=O) groups excluding carboxylic acids is 1. The molecule has 0 aliphatic heterocycles. The molecule has 1 fully saturated rings. The summed E-state index contributed by atoms with van der Waals surface area (Å²) in [6, 6.07) is 11.6. The lowest BCUT2D eigenvalue weighted by molar-refractivity contribution is -0.133. The number of furan rings is 1. The predicted molar refractivity (Wildman–Crippen MR) is 84.7 cm³/mol. The average Bonchev–Trinajstić information content (AvgIpc) is 3.09. The van der Waals surface area contributed by atoms with Crippen molar-refractivity contribution in [2.24, 2.45) is 0 Å². The summed E-state index contributed by atoms with van der Waals surface area (Å²) in [7, 11) is 0. The lowest BCUT2D eigenvalue weighted by Crippen LogP contribution is -2.36. The molecule has 3 aromatic rings. The van der Waals surface area contributed by atoms with E-state index in [9.17, 15) is 4.79 Å². The molecule has 1 amide bonds. The second-order valence-corrected chi connectivity index (χ2v) is 6.03. The van der Waals surface area contributed by atoms with E-state index in [-0.39, 0.29) is 18.4 Å². The highest BCUT2D eigenvalue weighted by Crippen LogP contribution is 2.35. The van der Waals surface area contributed by atoms with Crippen LogP contribution in [-0.2, 0) is 11.2 Å². The quantitative estimate of drug-likeness (QED) is 0.720. The Morgan fingerprint density at radius 3 is 2.87 bits per heavy atom. The van der Waals surface area contributed by atoms with Crippen LogP contribution in [0.3, 0.4) is 0 Å². The summed E-state index contributed by atoms with van der Waals surface area (Å²) in [5, 5.41) is 4.98. The molecule has 1 aliphatic rings. The second-order valence-electron chi connectivity index (χ2n) is 6.03. The molecule has 4 rings (SSSR count). The standard InChI is InChI=1S/C18H18N2O3/c1-12(16-7-4-10-22-16)20(13-8-9-13)18(21)11-15-14-5-2-3-6-17(14)23-19-15/h2-7,10,12-13H,8-9,11H2,1H3/t12-/m0/s1. The van der Waals surface area contributed by atoms with Crippen molar-refractivity contribution < 1.29 is 13.7 Å². The van der Waals surface area contributed by atoms with Crippen LogP contribution < -0.4 is 0 Å². The molecule has 0 bridgehead atoms. The zero-order chi connectivity index (χ0) is 15.8. The second kappa shape index (κ2) is 5.57. The highest BCUT2D eigenvalue weighted by molar-refractivity contribution is 5.86. The molecule has 2 aromatic heterocycles. The average molecular weight is 310 g/mol. The van der Waals surface area contributed by atoms with Gasteiger partial charge in [0.15, 0.2) is 5.58 Å². The van der Waals surface area contributed by atoms with Gasteiger partial charge in [0.1, 0.15) is 11.5 Å². The van der Waals surface area contributed by atoms with E-state index >= 15 is 0 Å². The Balaban J connectivity index is 1.58. The van der Waals surface area contributed by atoms with Crippen molar-refractivity contribution in [3.05, 3.63) is 54.1 Å². The maximum absolute atomic E-state index is 12.9. The third kappa shape index (κ3) is 2.63. The molecule has 0 saturated heterocycles. The summed E-state index contributed by atoms with van der Waals surface area (Å²) in [4.78, 5) is 14.8. The number of para-hydroxylation sites is 1. The van der Waals surface area contributed by atoms with Gasteiger partial charge in [-0.25, -0.2) is 0 Å². The van der Waals surface area contributed by atoms with Gasteiger partial charge in [0.2, 0.25) is 5.91 Å². The Morgan fingerprint density at radius 2 is 2.13 bits per heavy atom. The first-order valence-electron chi connectivity index (χ1n) is 7.92. The minimum absolute atomic E-state index is 0.0652. The summed E-state index contributed by atoms with van der Waals surface area (Å²) >= 11 is 0. The van der Waals surface area contributed by atoms with Gasteiger partial charge in [-0.15, -0.1) is 0 Å². The van der Waals surface area contributed by atoms with Crippen LogP contribution in [0.25, 0.3) is 11.0 Å². The highest BCUT2D eigenvalue weighted by Gasteiger charge is 2.37. The Bertz CT molecular complexity index is 818. The van der Waals surface area contributed by atoms with Crippen molar-refractivity contribution in [3.63, 3.8) is 0 Å². The monoisotopic (exact) mass is 310 g/mol. The molecule has 0 radical (unpaired) electrons. The van der Waals surface area contributed by atoms with Crippen LogP contribution >= 0.6 is 0 Å². The SMILES string of the molecule is C[C@@H](c1ccco1)N(C(=O)Cc1noc2ccccc12)C1CC1. The van der Waals surface area contributed by atoms with Gasteiger partial charge in [0.05, 0.1) is 18.7 Å². The van der Waals surface area contributed by atoms with Gasteiger partial charge in [0.25, 0.3) is 0 Å². The van der Waals surface area contributed by atoms with Crippen molar-refractivity contribution in [1.82, 2.24) is 10.1 Å². The molecule has 23 heavy (non-hydrogen) atoms. The molecule has 5 heteroatoms. The topological polar surface area (TPSA) is 59.5 Å². The van der Waals surface area contributed by atoms with Gasteiger partial charge in [0, 0.05) is 11.4 Å². The van der Waals surface area contributed by atoms with Crippen LogP contribution in [0.1, 0.15) is 37.3 Å². The van der Waals surface area contributed by atoms with Crippen molar-refractivity contribution >= 4 is 16.9 Å². The van der Waals surface area contributed by atoms with Crippen molar-refractivity contribution in [2.45, 2.75) is 38.3 Å². The lowest BCUT2D eigenvalue weighted by atomic mass is 10.1. The smallest absolute Gasteiger partial charge is 0.229 e. The Kier molecular flexibility index (Phi) is 3.41. The first-order valence-corrected chi connectivity index (χ1v) is 7.92. The molecule has 1 aliphatic carbocycles. The summed E-state index contributed by atoms with van der Waals surface area (Å²) in [5.41, 5.74) is 1.41. The van der Waals surface area contributed by atoms with Crippen LogP contribution in [0.15, 0.2) is 51.6 Å². The van der Waals surface area contributed by atoms with Gasteiger partial charge in [-0.05, 0) is 44.0 Å². The molecule has 2 heterocycles. The van der Waals surface area contributed by atoms with Crippen molar-refractivity contribution in [3.8, 4) is 0 Å². The lowest BCUT2D eigenvalue weighted by Gasteiger charge is -2.27. The van der Waals surface area contributed by atoms with Gasteiger partial charge < -0.3 is 13.8 Å². The van der Waals surface area contributed by atoms with Gasteiger partial charge in [-0.2, -0.15) is 0 Å². The van der Waals surface area contributed by atoms with E-state index in [1.165, 1.54) is 0 Å². The molecule has 1 atom stereocenters. The maximum Gasteiger partial charge on any atom is 0.229 e. The molecule has 0 unspecified atom stereocenters. The van der Waals surface area contributed by atoms with Crippen LogP contribution in [0.4, 0.5) is 0 Å². The summed E-state index contributed by atoms with van der Waals surface area (Å²) < 4.78 is 10.8. The molecule has 1 aromatic carbocycles. The number of amides is 1. The predicted octanol–water partition coefficient (Wildman–Crippen LogP) is 3.72. The van der Waals surface area contributed by atoms with Crippen molar-refractivity contribution in [2.75, 3.05) is 0 Å². The molecule has 118 valence electrons. The number of benzene rings is 1. The normalized spacial score (nSPS) is 15.7. The first-order chi connectivity index (χ1) is 11.2. The third-order valence-corrected chi connectivity index (χ3v) is 4.37. The minimum atomic E-state index is -0.0665. The van der Waals surface area contributed by atoms with Crippen molar-refractivity contribution in [1.29, 1.82) is 0 Å². The highest BCUT2D eigenvalue weighted by atomic mass is 16.5. The van der Waals surface area contributed by atoms with E-state index in [0.717, 1.165) is 24.0 Å². The number of rotatable bonds is 5. The molecule has 0 spiro atoms. The van der Waals surface area contributed by atoms with Gasteiger partial charge in [-0.3, -0.25) is 4.79 Å². The van der Waals surface area contributed by atoms with Gasteiger partial charge in [-0.1, -0.05) is 17.3 Å². The number of hydrogen-bond acceptors (Lipinski definition) is 4. The van der Waals surface area contributed by atoms with E-state index in [1.54, 1.807) is 6.26 Å². The van der Waals surface area contributed by atoms with E-state index in [2.05, 4.69) is 5.16 Å². The fourth-order valence-corrected chi connectivity index (χ4v) is 3.05. The molecule has 0 N–H and O–H groups in total. The fraction of sp³-hybridized carbons (Fsp3) is 0.333. The molecule has 1 saturated carbocycles. The third-order valence-electron chi connectivity index (χ3n) is 4.37. The fourth-order valence-electron chi connectivity index (χ4n) is 3.05. The number of aromatic nitrogens is 1. The Labute approximate surface area is 133 Å². The summed E-state index contributed by atoms with van der Waals surface area (Å²) in [6.07, 6.45) is 4.00. The number of hydrogen-bond donors (Lipinski definition) is 0. The van der Waals surface area contributed by atoms with E-state index < -0.39 is 0 Å². The van der Waals surface area contributed by atoms with Crippen LogP contribution in [-0.4, -0.2) is 22.0 Å². The zero-order valence-corrected chi connectivity index (χ0v) is 12.9. The summed E-state index contributed by atoms with van der Waals surface area (Å²) in [6.45, 7) is 2.01. The molecular weight excluding hydrogens is 292 g/mol. The Morgan fingerprint density at radius 1 is 1.30 bits per heavy atom. The Hall–Kier alpha value is -2.56. The van der Waals surface area contributed by atoms with Gasteiger partial charge >= 0.3 is 0 Å². The number of fused-ring (bicyclic) bond motifs is 1. The van der Waals surface area contributed by atoms with E-state index in [4.69, 9.17) is 8.94 Å². The first kappa shape index (κ1) is 14.1.